The number of nitrogens with one attached hydrogen (secondary N) is 3. The molecule has 2 rings (SSSR count). The van der Waals surface area contributed by atoms with Crippen molar-refractivity contribution >= 4 is 17.3 Å². The molecular formula is C11H10F3N5O. The third-order valence-electron chi connectivity index (χ3n) is 2.50. The second-order valence-corrected chi connectivity index (χ2v) is 3.84. The summed E-state index contributed by atoms with van der Waals surface area (Å²) in [5.41, 5.74) is 1.44. The van der Waals surface area contributed by atoms with Crippen molar-refractivity contribution in [1.29, 1.82) is 0 Å². The minimum absolute atomic E-state index is 0.0824. The maximum atomic E-state index is 12.6. The third kappa shape index (κ3) is 2.88. The molecule has 0 aliphatic rings. The number of nitrogen functional groups attached to an aromatic ring is 1. The maximum Gasteiger partial charge on any atom is 0.416 e. The van der Waals surface area contributed by atoms with Gasteiger partial charge < -0.3 is 10.7 Å². The molecule has 5 N–H and O–H groups in total. The number of hydrazine groups is 1. The summed E-state index contributed by atoms with van der Waals surface area (Å²) < 4.78 is 37.9. The topological polar surface area (TPSA) is 95.8 Å². The Kier molecular flexibility index (Phi) is 3.61. The Morgan fingerprint density at radius 2 is 2.10 bits per heavy atom. The van der Waals surface area contributed by atoms with Gasteiger partial charge in [0.1, 0.15) is 0 Å². The molecule has 0 atom stereocenters. The Morgan fingerprint density at radius 3 is 2.65 bits per heavy atom. The zero-order chi connectivity index (χ0) is 14.8. The highest BCUT2D eigenvalue weighted by Gasteiger charge is 2.31. The second-order valence-electron chi connectivity index (χ2n) is 3.84. The number of hydrogen-bond donors (Lipinski definition) is 4. The number of nitrogens with zero attached hydrogens (tertiary/aromatic N) is 1. The molecule has 9 heteroatoms. The number of halogens is 3. The van der Waals surface area contributed by atoms with Gasteiger partial charge in [0.2, 0.25) is 0 Å². The van der Waals surface area contributed by atoms with Gasteiger partial charge in [-0.25, -0.2) is 0 Å². The summed E-state index contributed by atoms with van der Waals surface area (Å²) in [5.74, 6) is 4.46. The molecule has 0 bridgehead atoms. The molecule has 1 aromatic carbocycles. The molecular weight excluding hydrogens is 275 g/mol. The fraction of sp³-hybridized carbons (Fsp3) is 0.0909. The van der Waals surface area contributed by atoms with E-state index in [1.54, 1.807) is 0 Å². The van der Waals surface area contributed by atoms with E-state index in [1.807, 2.05) is 0 Å². The fourth-order valence-electron chi connectivity index (χ4n) is 1.55. The number of benzene rings is 1. The van der Waals surface area contributed by atoms with Crippen molar-refractivity contribution in [3.8, 4) is 0 Å². The number of hydrogen-bond acceptors (Lipinski definition) is 4. The summed E-state index contributed by atoms with van der Waals surface area (Å²) in [6.45, 7) is 0. The van der Waals surface area contributed by atoms with Gasteiger partial charge in [-0.2, -0.15) is 18.3 Å². The zero-order valence-electron chi connectivity index (χ0n) is 9.95. The van der Waals surface area contributed by atoms with Crippen molar-refractivity contribution in [2.45, 2.75) is 6.18 Å². The molecule has 0 unspecified atom stereocenters. The number of alkyl halides is 3. The highest BCUT2D eigenvalue weighted by Crippen LogP contribution is 2.31. The first-order chi connectivity index (χ1) is 9.41. The number of rotatable bonds is 3. The quantitative estimate of drug-likeness (QED) is 0.512. The fourth-order valence-corrected chi connectivity index (χ4v) is 1.55. The lowest BCUT2D eigenvalue weighted by molar-refractivity contribution is -0.137. The van der Waals surface area contributed by atoms with E-state index in [2.05, 4.69) is 20.9 Å². The summed E-state index contributed by atoms with van der Waals surface area (Å²) in [6.07, 6.45) is -1.83. The number of amides is 1. The van der Waals surface area contributed by atoms with Gasteiger partial charge in [0.05, 0.1) is 28.7 Å². The van der Waals surface area contributed by atoms with E-state index in [1.165, 1.54) is 12.4 Å². The molecule has 2 aromatic rings. The van der Waals surface area contributed by atoms with Gasteiger partial charge >= 0.3 is 6.18 Å². The molecule has 0 spiro atoms. The van der Waals surface area contributed by atoms with Gasteiger partial charge in [0.15, 0.2) is 0 Å². The lowest BCUT2D eigenvalue weighted by atomic mass is 10.1. The second kappa shape index (κ2) is 5.21. The van der Waals surface area contributed by atoms with Crippen LogP contribution in [-0.2, 0) is 6.18 Å². The first kappa shape index (κ1) is 13.9. The summed E-state index contributed by atoms with van der Waals surface area (Å²) in [6, 6.07) is 2.65. The predicted octanol–water partition coefficient (Wildman–Crippen LogP) is 1.97. The minimum Gasteiger partial charge on any atom is -0.323 e. The normalized spacial score (nSPS) is 11.2. The van der Waals surface area contributed by atoms with Crippen molar-refractivity contribution in [3.63, 3.8) is 0 Å². The average Bonchev–Trinajstić information content (AvgIpc) is 2.89. The van der Waals surface area contributed by atoms with Crippen LogP contribution < -0.4 is 16.6 Å². The van der Waals surface area contributed by atoms with E-state index in [-0.39, 0.29) is 11.3 Å². The Balaban J connectivity index is 2.35. The SMILES string of the molecule is NNc1ccc(C(F)(F)F)cc1C(=O)Nc1cn[nH]c1. The molecule has 20 heavy (non-hydrogen) atoms. The Morgan fingerprint density at radius 1 is 1.35 bits per heavy atom. The largest absolute Gasteiger partial charge is 0.416 e. The minimum atomic E-state index is -4.54. The lowest BCUT2D eigenvalue weighted by Crippen LogP contribution is -2.18. The number of anilines is 2. The molecule has 0 saturated heterocycles. The van der Waals surface area contributed by atoms with Gasteiger partial charge in [0.25, 0.3) is 5.91 Å². The Hall–Kier alpha value is -2.55. The molecule has 106 valence electrons. The standard InChI is InChI=1S/C11H10F3N5O/c12-11(13,14)6-1-2-9(19-15)8(3-6)10(20)18-7-4-16-17-5-7/h1-5,19H,15H2,(H,16,17)(H,18,20). The number of H-pyrrole nitrogens is 1. The van der Waals surface area contributed by atoms with Crippen LogP contribution in [0.25, 0.3) is 0 Å². The number of aromatic nitrogens is 2. The van der Waals surface area contributed by atoms with Crippen LogP contribution in [0.3, 0.4) is 0 Å². The first-order valence-electron chi connectivity index (χ1n) is 5.40. The molecule has 1 aromatic heterocycles. The van der Waals surface area contributed by atoms with E-state index in [0.717, 1.165) is 18.2 Å². The molecule has 0 radical (unpaired) electrons. The monoisotopic (exact) mass is 285 g/mol. The number of aromatic amines is 1. The molecule has 0 saturated carbocycles. The van der Waals surface area contributed by atoms with Crippen molar-refractivity contribution in [2.24, 2.45) is 5.84 Å². The van der Waals surface area contributed by atoms with E-state index in [0.29, 0.717) is 5.69 Å². The van der Waals surface area contributed by atoms with Gasteiger partial charge in [-0.05, 0) is 18.2 Å². The smallest absolute Gasteiger partial charge is 0.323 e. The van der Waals surface area contributed by atoms with E-state index in [9.17, 15) is 18.0 Å². The zero-order valence-corrected chi connectivity index (χ0v) is 9.95. The molecule has 6 nitrogen and oxygen atoms in total. The summed E-state index contributed by atoms with van der Waals surface area (Å²) in [7, 11) is 0. The van der Waals surface area contributed by atoms with Crippen LogP contribution in [-0.4, -0.2) is 16.1 Å². The van der Waals surface area contributed by atoms with Crippen molar-refractivity contribution < 1.29 is 18.0 Å². The van der Waals surface area contributed by atoms with Crippen LogP contribution in [0.1, 0.15) is 15.9 Å². The first-order valence-corrected chi connectivity index (χ1v) is 5.40. The highest BCUT2D eigenvalue weighted by molar-refractivity contribution is 6.08. The molecule has 0 aliphatic heterocycles. The Bertz CT molecular complexity index is 609. The van der Waals surface area contributed by atoms with Crippen LogP contribution in [0, 0.1) is 0 Å². The van der Waals surface area contributed by atoms with Crippen LogP contribution in [0.5, 0.6) is 0 Å². The van der Waals surface area contributed by atoms with Crippen LogP contribution in [0.15, 0.2) is 30.6 Å². The molecule has 1 heterocycles. The summed E-state index contributed by atoms with van der Waals surface area (Å²) in [5, 5.41) is 8.47. The van der Waals surface area contributed by atoms with Crippen molar-refractivity contribution in [2.75, 3.05) is 10.7 Å². The van der Waals surface area contributed by atoms with Gasteiger partial charge in [0, 0.05) is 6.20 Å². The van der Waals surface area contributed by atoms with Crippen LogP contribution >= 0.6 is 0 Å². The molecule has 0 fully saturated rings. The van der Waals surface area contributed by atoms with Gasteiger partial charge in [-0.15, -0.1) is 0 Å². The molecule has 0 aliphatic carbocycles. The molecule has 1 amide bonds. The number of carbonyl (C=O) groups is 1. The lowest BCUT2D eigenvalue weighted by Gasteiger charge is -2.12. The number of carbonyl (C=O) groups excluding carboxylic acids is 1. The van der Waals surface area contributed by atoms with Crippen molar-refractivity contribution in [1.82, 2.24) is 10.2 Å². The van der Waals surface area contributed by atoms with E-state index in [4.69, 9.17) is 5.84 Å². The van der Waals surface area contributed by atoms with Gasteiger partial charge in [-0.3, -0.25) is 15.7 Å². The van der Waals surface area contributed by atoms with E-state index >= 15 is 0 Å². The summed E-state index contributed by atoms with van der Waals surface area (Å²) >= 11 is 0. The third-order valence-corrected chi connectivity index (χ3v) is 2.50. The van der Waals surface area contributed by atoms with E-state index < -0.39 is 17.6 Å². The van der Waals surface area contributed by atoms with Crippen molar-refractivity contribution in [3.05, 3.63) is 41.7 Å². The van der Waals surface area contributed by atoms with Gasteiger partial charge in [-0.1, -0.05) is 0 Å². The number of nitrogens with two attached hydrogens (primary N) is 1. The van der Waals surface area contributed by atoms with Crippen LogP contribution in [0.2, 0.25) is 0 Å². The summed E-state index contributed by atoms with van der Waals surface area (Å²) in [4.78, 5) is 12.0. The Labute approximate surface area is 111 Å². The average molecular weight is 285 g/mol. The maximum absolute atomic E-state index is 12.6. The predicted molar refractivity (Wildman–Crippen MR) is 65.8 cm³/mol. The van der Waals surface area contributed by atoms with Crippen LogP contribution in [0.4, 0.5) is 24.5 Å². The highest BCUT2D eigenvalue weighted by atomic mass is 19.4.